The zero-order valence-electron chi connectivity index (χ0n) is 15.5. The number of aromatic nitrogens is 2. The number of nitrogens with zero attached hydrogens (tertiary/aromatic N) is 2. The van der Waals surface area contributed by atoms with Gasteiger partial charge in [-0.05, 0) is 37.0 Å². The van der Waals surface area contributed by atoms with Crippen molar-refractivity contribution >= 4 is 11.9 Å². The molecule has 2 rings (SSSR count). The molecule has 6 heteroatoms. The van der Waals surface area contributed by atoms with Crippen LogP contribution in [0.25, 0.3) is 0 Å². The number of hydrogen-bond acceptors (Lipinski definition) is 5. The fourth-order valence-electron chi connectivity index (χ4n) is 2.51. The molecule has 1 amide bonds. The van der Waals surface area contributed by atoms with Crippen molar-refractivity contribution in [2.75, 3.05) is 12.3 Å². The molecular formula is C19H26N4O2. The molecule has 0 spiro atoms. The average Bonchev–Trinajstić information content (AvgIpc) is 2.52. The summed E-state index contributed by atoms with van der Waals surface area (Å²) in [6.45, 7) is 10.8. The predicted octanol–water partition coefficient (Wildman–Crippen LogP) is 2.99. The van der Waals surface area contributed by atoms with Crippen molar-refractivity contribution in [1.82, 2.24) is 15.3 Å². The van der Waals surface area contributed by atoms with E-state index in [9.17, 15) is 4.79 Å². The van der Waals surface area contributed by atoms with Gasteiger partial charge in [0.25, 0.3) is 5.91 Å². The number of nitrogens with two attached hydrogens (primary N) is 1. The Morgan fingerprint density at radius 2 is 1.84 bits per heavy atom. The second kappa shape index (κ2) is 7.51. The lowest BCUT2D eigenvalue weighted by Gasteiger charge is -2.19. The molecule has 0 saturated carbocycles. The number of rotatable bonds is 5. The van der Waals surface area contributed by atoms with Crippen molar-refractivity contribution in [1.29, 1.82) is 0 Å². The molecule has 2 aromatic rings. The maximum absolute atomic E-state index is 12.3. The molecule has 134 valence electrons. The number of hydrogen-bond donors (Lipinski definition) is 2. The van der Waals surface area contributed by atoms with E-state index >= 15 is 0 Å². The Morgan fingerprint density at radius 1 is 1.20 bits per heavy atom. The van der Waals surface area contributed by atoms with Crippen molar-refractivity contribution in [2.45, 2.75) is 46.6 Å². The van der Waals surface area contributed by atoms with Crippen LogP contribution >= 0.6 is 0 Å². The molecule has 0 atom stereocenters. The van der Waals surface area contributed by atoms with E-state index in [0.717, 1.165) is 0 Å². The Morgan fingerprint density at radius 3 is 2.40 bits per heavy atom. The highest BCUT2D eigenvalue weighted by Crippen LogP contribution is 2.25. The minimum absolute atomic E-state index is 0.0855. The predicted molar refractivity (Wildman–Crippen MR) is 98.7 cm³/mol. The first-order valence-corrected chi connectivity index (χ1v) is 8.37. The molecule has 1 aromatic heterocycles. The van der Waals surface area contributed by atoms with Gasteiger partial charge in [-0.3, -0.25) is 4.79 Å². The number of ether oxygens (including phenoxy) is 1. The average molecular weight is 342 g/mol. The smallest absolute Gasteiger partial charge is 0.255 e. The van der Waals surface area contributed by atoms with Gasteiger partial charge in [-0.25, -0.2) is 9.97 Å². The van der Waals surface area contributed by atoms with E-state index in [1.165, 1.54) is 5.56 Å². The summed E-state index contributed by atoms with van der Waals surface area (Å²) in [4.78, 5) is 20.5. The van der Waals surface area contributed by atoms with E-state index in [2.05, 4.69) is 36.1 Å². The van der Waals surface area contributed by atoms with Gasteiger partial charge in [0.15, 0.2) is 0 Å². The summed E-state index contributed by atoms with van der Waals surface area (Å²) in [6.07, 6.45) is 0. The third-order valence-corrected chi connectivity index (χ3v) is 3.84. The molecule has 0 aliphatic heterocycles. The zero-order valence-corrected chi connectivity index (χ0v) is 15.5. The van der Waals surface area contributed by atoms with Gasteiger partial charge in [-0.2, -0.15) is 0 Å². The highest BCUT2D eigenvalue weighted by Gasteiger charge is 2.18. The van der Waals surface area contributed by atoms with E-state index in [0.29, 0.717) is 29.2 Å². The van der Waals surface area contributed by atoms with Crippen molar-refractivity contribution < 1.29 is 9.53 Å². The molecule has 0 bridgehead atoms. The van der Waals surface area contributed by atoms with Gasteiger partial charge in [0, 0.05) is 6.54 Å². The van der Waals surface area contributed by atoms with Gasteiger partial charge < -0.3 is 15.8 Å². The van der Waals surface area contributed by atoms with E-state index < -0.39 is 0 Å². The highest BCUT2D eigenvalue weighted by molar-refractivity contribution is 5.96. The lowest BCUT2D eigenvalue weighted by Crippen LogP contribution is -2.26. The number of nitrogen functional groups attached to an aromatic ring is 1. The monoisotopic (exact) mass is 342 g/mol. The van der Waals surface area contributed by atoms with Crippen LogP contribution in [0.3, 0.4) is 0 Å². The zero-order chi connectivity index (χ0) is 18.6. The Bertz CT molecular complexity index is 749. The minimum atomic E-state index is -0.221. The Labute approximate surface area is 148 Å². The van der Waals surface area contributed by atoms with Crippen LogP contribution < -0.4 is 15.8 Å². The van der Waals surface area contributed by atoms with E-state index in [1.54, 1.807) is 6.92 Å². The number of amides is 1. The third kappa shape index (κ3) is 4.68. The number of carbonyl (C=O) groups is 1. The van der Waals surface area contributed by atoms with Gasteiger partial charge in [0.2, 0.25) is 5.95 Å². The quantitative estimate of drug-likeness (QED) is 0.872. The highest BCUT2D eigenvalue weighted by atomic mass is 16.5. The summed E-state index contributed by atoms with van der Waals surface area (Å²) >= 11 is 0. The third-order valence-electron chi connectivity index (χ3n) is 3.84. The summed E-state index contributed by atoms with van der Waals surface area (Å²) in [5, 5.41) is 2.77. The summed E-state index contributed by atoms with van der Waals surface area (Å²) in [7, 11) is 0. The molecule has 1 heterocycles. The van der Waals surface area contributed by atoms with Gasteiger partial charge >= 0.3 is 0 Å². The van der Waals surface area contributed by atoms with Crippen LogP contribution in [0.4, 0.5) is 5.95 Å². The molecule has 1 aromatic carbocycles. The number of nitrogens with one attached hydrogen (secondary N) is 1. The van der Waals surface area contributed by atoms with Crippen molar-refractivity contribution in [3.63, 3.8) is 0 Å². The maximum Gasteiger partial charge on any atom is 0.255 e. The second-order valence-electron chi connectivity index (χ2n) is 6.91. The molecule has 3 N–H and O–H groups in total. The number of benzene rings is 1. The van der Waals surface area contributed by atoms with Crippen LogP contribution in [-0.4, -0.2) is 22.4 Å². The lowest BCUT2D eigenvalue weighted by molar-refractivity contribution is 0.0951. The first-order chi connectivity index (χ1) is 11.7. The molecule has 0 radical (unpaired) electrons. The maximum atomic E-state index is 12.3. The fourth-order valence-corrected chi connectivity index (χ4v) is 2.51. The molecule has 0 saturated heterocycles. The minimum Gasteiger partial charge on any atom is -0.487 e. The van der Waals surface area contributed by atoms with Crippen LogP contribution in [0, 0.1) is 6.92 Å². The number of anilines is 1. The van der Waals surface area contributed by atoms with Crippen molar-refractivity contribution in [3.05, 3.63) is 46.8 Å². The van der Waals surface area contributed by atoms with E-state index in [1.807, 2.05) is 31.2 Å². The first-order valence-electron chi connectivity index (χ1n) is 8.37. The van der Waals surface area contributed by atoms with Crippen molar-refractivity contribution in [3.8, 4) is 5.75 Å². The molecule has 6 nitrogen and oxygen atoms in total. The standard InChI is InChI=1S/C19H26N4O2/c1-6-21-17(24)16-12(2)22-18(20)23-15(16)11-25-14-9-7-13(8-10-14)19(3,4)5/h7-10H,6,11H2,1-5H3,(H,21,24)(H2,20,22,23). The number of aryl methyl sites for hydroxylation is 1. The van der Waals surface area contributed by atoms with Crippen LogP contribution in [0.2, 0.25) is 0 Å². The van der Waals surface area contributed by atoms with Gasteiger partial charge in [-0.15, -0.1) is 0 Å². The Hall–Kier alpha value is -2.63. The largest absolute Gasteiger partial charge is 0.487 e. The van der Waals surface area contributed by atoms with Gasteiger partial charge in [0.1, 0.15) is 12.4 Å². The van der Waals surface area contributed by atoms with Gasteiger partial charge in [0.05, 0.1) is 17.0 Å². The van der Waals surface area contributed by atoms with E-state index in [-0.39, 0.29) is 23.9 Å². The summed E-state index contributed by atoms with van der Waals surface area (Å²) in [6, 6.07) is 7.92. The summed E-state index contributed by atoms with van der Waals surface area (Å²) < 4.78 is 5.81. The van der Waals surface area contributed by atoms with Gasteiger partial charge in [-0.1, -0.05) is 32.9 Å². The first kappa shape index (κ1) is 18.7. The van der Waals surface area contributed by atoms with Crippen LogP contribution in [0.15, 0.2) is 24.3 Å². The summed E-state index contributed by atoms with van der Waals surface area (Å²) in [5.41, 5.74) is 8.48. The van der Waals surface area contributed by atoms with Crippen molar-refractivity contribution in [2.24, 2.45) is 0 Å². The topological polar surface area (TPSA) is 90.1 Å². The molecular weight excluding hydrogens is 316 g/mol. The lowest BCUT2D eigenvalue weighted by atomic mass is 9.87. The molecule has 25 heavy (non-hydrogen) atoms. The molecule has 0 unspecified atom stereocenters. The summed E-state index contributed by atoms with van der Waals surface area (Å²) in [5.74, 6) is 0.624. The van der Waals surface area contributed by atoms with E-state index in [4.69, 9.17) is 10.5 Å². The normalized spacial score (nSPS) is 11.2. The molecule has 0 aliphatic carbocycles. The second-order valence-corrected chi connectivity index (χ2v) is 6.91. The SMILES string of the molecule is CCNC(=O)c1c(C)nc(N)nc1COc1ccc(C(C)(C)C)cc1. The molecule has 0 aliphatic rings. The molecule has 0 fully saturated rings. The Balaban J connectivity index is 2.21. The van der Waals surface area contributed by atoms with Crippen LogP contribution in [0.5, 0.6) is 5.75 Å². The number of carbonyl (C=O) groups excluding carboxylic acids is 1. The van der Waals surface area contributed by atoms with Crippen LogP contribution in [0.1, 0.15) is 55.0 Å². The fraction of sp³-hybridized carbons (Fsp3) is 0.421. The Kier molecular flexibility index (Phi) is 5.62. The van der Waals surface area contributed by atoms with Crippen LogP contribution in [-0.2, 0) is 12.0 Å².